The zero-order chi connectivity index (χ0) is 12.3. The minimum Gasteiger partial charge on any atom is -0.478 e. The summed E-state index contributed by atoms with van der Waals surface area (Å²) in [6.45, 7) is 0. The van der Waals surface area contributed by atoms with E-state index in [1.165, 1.54) is 12.1 Å². The zero-order valence-electron chi connectivity index (χ0n) is 8.76. The molecule has 1 aromatic carbocycles. The van der Waals surface area contributed by atoms with Crippen LogP contribution in [0.25, 0.3) is 17.4 Å². The van der Waals surface area contributed by atoms with Gasteiger partial charge in [-0.05, 0) is 30.3 Å². The van der Waals surface area contributed by atoms with Gasteiger partial charge in [0.15, 0.2) is 0 Å². The minimum atomic E-state index is -1.06. The first-order valence-electron chi connectivity index (χ1n) is 4.92. The summed E-state index contributed by atoms with van der Waals surface area (Å²) >= 11 is 0. The Morgan fingerprint density at radius 2 is 2.00 bits per heavy atom. The molecular formula is C13H9FO3. The van der Waals surface area contributed by atoms with Crippen LogP contribution in [0.15, 0.2) is 46.9 Å². The van der Waals surface area contributed by atoms with Crippen LogP contribution in [0.1, 0.15) is 5.76 Å². The van der Waals surface area contributed by atoms with Gasteiger partial charge in [0, 0.05) is 6.08 Å². The number of hydrogen-bond acceptors (Lipinski definition) is 2. The number of carboxylic acid groups (broad SMARTS) is 1. The van der Waals surface area contributed by atoms with Gasteiger partial charge in [0.05, 0.1) is 5.56 Å². The molecule has 1 N–H and O–H groups in total. The molecule has 0 fully saturated rings. The molecule has 2 rings (SSSR count). The van der Waals surface area contributed by atoms with Crippen LogP contribution < -0.4 is 0 Å². The fourth-order valence-electron chi connectivity index (χ4n) is 1.40. The monoisotopic (exact) mass is 232 g/mol. The second-order valence-corrected chi connectivity index (χ2v) is 3.35. The largest absolute Gasteiger partial charge is 0.478 e. The fraction of sp³-hybridized carbons (Fsp3) is 0. The van der Waals surface area contributed by atoms with Crippen LogP contribution in [0.2, 0.25) is 0 Å². The molecule has 0 saturated carbocycles. The molecule has 0 aliphatic carbocycles. The molecule has 1 heterocycles. The molecule has 3 nitrogen and oxygen atoms in total. The Kier molecular flexibility index (Phi) is 3.05. The van der Waals surface area contributed by atoms with E-state index in [4.69, 9.17) is 9.52 Å². The predicted molar refractivity (Wildman–Crippen MR) is 60.8 cm³/mol. The summed E-state index contributed by atoms with van der Waals surface area (Å²) < 4.78 is 18.7. The summed E-state index contributed by atoms with van der Waals surface area (Å²) in [6, 6.07) is 9.41. The highest BCUT2D eigenvalue weighted by molar-refractivity contribution is 5.84. The van der Waals surface area contributed by atoms with Crippen molar-refractivity contribution in [3.05, 3.63) is 54.1 Å². The maximum absolute atomic E-state index is 13.4. The molecule has 0 unspecified atom stereocenters. The Hall–Kier alpha value is -2.36. The summed E-state index contributed by atoms with van der Waals surface area (Å²) in [5, 5.41) is 8.45. The SMILES string of the molecule is O=C(O)/C=C/c1ccc(-c2ccccc2F)o1. The molecule has 0 radical (unpaired) electrons. The quantitative estimate of drug-likeness (QED) is 0.827. The van der Waals surface area contributed by atoms with Gasteiger partial charge in [0.25, 0.3) is 0 Å². The molecule has 86 valence electrons. The van der Waals surface area contributed by atoms with E-state index >= 15 is 0 Å². The number of furan rings is 1. The van der Waals surface area contributed by atoms with Crippen molar-refractivity contribution in [3.8, 4) is 11.3 Å². The van der Waals surface area contributed by atoms with Gasteiger partial charge in [-0.2, -0.15) is 0 Å². The van der Waals surface area contributed by atoms with Gasteiger partial charge in [-0.25, -0.2) is 9.18 Å². The summed E-state index contributed by atoms with van der Waals surface area (Å²) in [5.41, 5.74) is 0.350. The molecular weight excluding hydrogens is 223 g/mol. The normalized spacial score (nSPS) is 10.9. The van der Waals surface area contributed by atoms with Gasteiger partial charge in [0.1, 0.15) is 17.3 Å². The Bertz CT molecular complexity index is 570. The number of carboxylic acids is 1. The standard InChI is InChI=1S/C13H9FO3/c14-11-4-2-1-3-10(11)12-7-5-9(17-12)6-8-13(15)16/h1-8H,(H,15,16)/b8-6+. The third kappa shape index (κ3) is 2.60. The molecule has 0 saturated heterocycles. The Balaban J connectivity index is 2.30. The van der Waals surface area contributed by atoms with Crippen LogP contribution in [0.3, 0.4) is 0 Å². The lowest BCUT2D eigenvalue weighted by molar-refractivity contribution is -0.131. The first-order valence-corrected chi connectivity index (χ1v) is 4.92. The lowest BCUT2D eigenvalue weighted by Gasteiger charge is -1.97. The second kappa shape index (κ2) is 4.65. The number of carbonyl (C=O) groups is 1. The molecule has 2 aromatic rings. The van der Waals surface area contributed by atoms with Gasteiger partial charge in [-0.3, -0.25) is 0 Å². The summed E-state index contributed by atoms with van der Waals surface area (Å²) in [6.07, 6.45) is 2.27. The molecule has 0 atom stereocenters. The highest BCUT2D eigenvalue weighted by Gasteiger charge is 2.07. The van der Waals surface area contributed by atoms with Crippen molar-refractivity contribution in [1.82, 2.24) is 0 Å². The summed E-state index contributed by atoms with van der Waals surface area (Å²) in [7, 11) is 0. The van der Waals surface area contributed by atoms with Crippen LogP contribution in [0, 0.1) is 5.82 Å². The topological polar surface area (TPSA) is 50.4 Å². The van der Waals surface area contributed by atoms with Crippen LogP contribution in [0.4, 0.5) is 4.39 Å². The van der Waals surface area contributed by atoms with Crippen molar-refractivity contribution in [2.45, 2.75) is 0 Å². The highest BCUT2D eigenvalue weighted by atomic mass is 19.1. The molecule has 1 aromatic heterocycles. The maximum atomic E-state index is 13.4. The average molecular weight is 232 g/mol. The molecule has 0 aliphatic rings. The van der Waals surface area contributed by atoms with Crippen LogP contribution in [-0.4, -0.2) is 11.1 Å². The van der Waals surface area contributed by atoms with Gasteiger partial charge < -0.3 is 9.52 Å². The Morgan fingerprint density at radius 3 is 2.71 bits per heavy atom. The summed E-state index contributed by atoms with van der Waals surface area (Å²) in [4.78, 5) is 10.3. The predicted octanol–water partition coefficient (Wildman–Crippen LogP) is 3.18. The maximum Gasteiger partial charge on any atom is 0.328 e. The Morgan fingerprint density at radius 1 is 1.24 bits per heavy atom. The van der Waals surface area contributed by atoms with E-state index in [1.807, 2.05) is 0 Å². The molecule has 0 aliphatic heterocycles. The van der Waals surface area contributed by atoms with E-state index in [9.17, 15) is 9.18 Å². The van der Waals surface area contributed by atoms with E-state index in [-0.39, 0.29) is 5.82 Å². The van der Waals surface area contributed by atoms with Crippen molar-refractivity contribution in [3.63, 3.8) is 0 Å². The van der Waals surface area contributed by atoms with E-state index in [1.54, 1.807) is 30.3 Å². The number of halogens is 1. The Labute approximate surface area is 96.8 Å². The zero-order valence-corrected chi connectivity index (χ0v) is 8.76. The minimum absolute atomic E-state index is 0.350. The fourth-order valence-corrected chi connectivity index (χ4v) is 1.40. The third-order valence-corrected chi connectivity index (χ3v) is 2.16. The van der Waals surface area contributed by atoms with Crippen molar-refractivity contribution in [2.24, 2.45) is 0 Å². The highest BCUT2D eigenvalue weighted by Crippen LogP contribution is 2.25. The van der Waals surface area contributed by atoms with E-state index < -0.39 is 5.97 Å². The lowest BCUT2D eigenvalue weighted by atomic mass is 10.1. The number of benzene rings is 1. The van der Waals surface area contributed by atoms with Crippen molar-refractivity contribution in [1.29, 1.82) is 0 Å². The van der Waals surface area contributed by atoms with Crippen molar-refractivity contribution < 1.29 is 18.7 Å². The number of hydrogen-bond donors (Lipinski definition) is 1. The van der Waals surface area contributed by atoms with Gasteiger partial charge >= 0.3 is 5.97 Å². The van der Waals surface area contributed by atoms with Gasteiger partial charge in [-0.15, -0.1) is 0 Å². The number of rotatable bonds is 3. The number of aliphatic carboxylic acids is 1. The van der Waals surface area contributed by atoms with Crippen LogP contribution >= 0.6 is 0 Å². The lowest BCUT2D eigenvalue weighted by Crippen LogP contribution is -1.84. The van der Waals surface area contributed by atoms with Crippen molar-refractivity contribution >= 4 is 12.0 Å². The van der Waals surface area contributed by atoms with E-state index in [2.05, 4.69) is 0 Å². The third-order valence-electron chi connectivity index (χ3n) is 2.16. The van der Waals surface area contributed by atoms with Crippen molar-refractivity contribution in [2.75, 3.05) is 0 Å². The van der Waals surface area contributed by atoms with Crippen LogP contribution in [-0.2, 0) is 4.79 Å². The van der Waals surface area contributed by atoms with Crippen LogP contribution in [0.5, 0.6) is 0 Å². The molecule has 17 heavy (non-hydrogen) atoms. The first kappa shape index (κ1) is 11.1. The van der Waals surface area contributed by atoms with Gasteiger partial charge in [-0.1, -0.05) is 12.1 Å². The summed E-state index contributed by atoms with van der Waals surface area (Å²) in [5.74, 6) is -0.705. The molecule has 0 amide bonds. The van der Waals surface area contributed by atoms with Gasteiger partial charge in [0.2, 0.25) is 0 Å². The molecule has 0 spiro atoms. The van der Waals surface area contributed by atoms with E-state index in [0.717, 1.165) is 6.08 Å². The first-order chi connectivity index (χ1) is 8.16. The second-order valence-electron chi connectivity index (χ2n) is 3.35. The molecule has 0 bridgehead atoms. The average Bonchev–Trinajstić information content (AvgIpc) is 2.75. The molecule has 4 heteroatoms. The van der Waals surface area contributed by atoms with E-state index in [0.29, 0.717) is 17.1 Å². The smallest absolute Gasteiger partial charge is 0.328 e.